The maximum Gasteiger partial charge on any atom is 0.257 e. The molecule has 0 fully saturated rings. The van der Waals surface area contributed by atoms with Crippen LogP contribution in [0.25, 0.3) is 16.9 Å². The maximum atomic E-state index is 12.6. The molecule has 1 aliphatic heterocycles. The molecule has 0 spiro atoms. The van der Waals surface area contributed by atoms with Gasteiger partial charge in [0, 0.05) is 22.2 Å². The lowest BCUT2D eigenvalue weighted by molar-refractivity contribution is 0.102. The molecule has 1 aliphatic rings. The first kappa shape index (κ1) is 18.4. The zero-order valence-corrected chi connectivity index (χ0v) is 17.2. The van der Waals surface area contributed by atoms with Crippen molar-refractivity contribution >= 4 is 22.4 Å². The Morgan fingerprint density at radius 2 is 1.87 bits per heavy atom. The van der Waals surface area contributed by atoms with Crippen molar-refractivity contribution in [2.45, 2.75) is 13.8 Å². The molecule has 0 saturated heterocycles. The Morgan fingerprint density at radius 1 is 1.07 bits per heavy atom. The Bertz CT molecular complexity index is 1240. The number of carbonyl (C=O) groups excluding carboxylic acids is 1. The zero-order valence-electron chi connectivity index (χ0n) is 16.4. The van der Waals surface area contributed by atoms with E-state index in [-0.39, 0.29) is 12.7 Å². The van der Waals surface area contributed by atoms with Gasteiger partial charge < -0.3 is 9.47 Å². The maximum absolute atomic E-state index is 12.6. The zero-order chi connectivity index (χ0) is 20.7. The van der Waals surface area contributed by atoms with Crippen molar-refractivity contribution in [2.75, 3.05) is 12.1 Å². The minimum Gasteiger partial charge on any atom is -0.454 e. The van der Waals surface area contributed by atoms with Crippen molar-refractivity contribution in [2.24, 2.45) is 0 Å². The normalized spacial score (nSPS) is 12.2. The summed E-state index contributed by atoms with van der Waals surface area (Å²) in [5.74, 6) is 1.22. The number of hydrogen-bond donors (Lipinski definition) is 1. The smallest absolute Gasteiger partial charge is 0.257 e. The average molecular weight is 418 g/mol. The standard InChI is InChI=1S/C22H18N4O3S/c1-13-9-14(2)26(25-13)17-6-3-15(4-7-17)21(27)24-22-23-18(11-30-22)16-5-8-19-20(10-16)29-12-28-19/h3-11H,12H2,1-2H3,(H,23,24,27). The summed E-state index contributed by atoms with van der Waals surface area (Å²) in [6.07, 6.45) is 0. The summed E-state index contributed by atoms with van der Waals surface area (Å²) < 4.78 is 12.6. The molecule has 0 radical (unpaired) electrons. The second-order valence-electron chi connectivity index (χ2n) is 6.95. The molecule has 3 heterocycles. The van der Waals surface area contributed by atoms with Gasteiger partial charge in [0.1, 0.15) is 0 Å². The predicted molar refractivity (Wildman–Crippen MR) is 115 cm³/mol. The van der Waals surface area contributed by atoms with Crippen LogP contribution in [-0.2, 0) is 0 Å². The quantitative estimate of drug-likeness (QED) is 0.524. The number of rotatable bonds is 4. The Labute approximate surface area is 176 Å². The molecule has 4 aromatic rings. The van der Waals surface area contributed by atoms with Gasteiger partial charge in [-0.1, -0.05) is 0 Å². The van der Waals surface area contributed by atoms with Gasteiger partial charge in [-0.3, -0.25) is 10.1 Å². The molecule has 0 unspecified atom stereocenters. The van der Waals surface area contributed by atoms with Crippen molar-refractivity contribution < 1.29 is 14.3 Å². The van der Waals surface area contributed by atoms with Gasteiger partial charge in [0.15, 0.2) is 16.6 Å². The van der Waals surface area contributed by atoms with Crippen LogP contribution in [-0.4, -0.2) is 27.5 Å². The molecular weight excluding hydrogens is 400 g/mol. The molecule has 2 aromatic heterocycles. The molecule has 30 heavy (non-hydrogen) atoms. The van der Waals surface area contributed by atoms with Crippen molar-refractivity contribution in [3.8, 4) is 28.4 Å². The SMILES string of the molecule is Cc1cc(C)n(-c2ccc(C(=O)Nc3nc(-c4ccc5c(c4)OCO5)cs3)cc2)n1. The van der Waals surface area contributed by atoms with Crippen LogP contribution in [0, 0.1) is 13.8 Å². The summed E-state index contributed by atoms with van der Waals surface area (Å²) in [6, 6.07) is 15.0. The average Bonchev–Trinajstić information content (AvgIpc) is 3.47. The van der Waals surface area contributed by atoms with E-state index in [4.69, 9.17) is 9.47 Å². The summed E-state index contributed by atoms with van der Waals surface area (Å²) in [6.45, 7) is 4.19. The molecule has 1 amide bonds. The second-order valence-corrected chi connectivity index (χ2v) is 7.80. The first-order chi connectivity index (χ1) is 14.6. The van der Waals surface area contributed by atoms with E-state index in [0.717, 1.165) is 34.1 Å². The lowest BCUT2D eigenvalue weighted by atomic mass is 10.1. The van der Waals surface area contributed by atoms with Crippen molar-refractivity contribution in [1.82, 2.24) is 14.8 Å². The van der Waals surface area contributed by atoms with E-state index in [1.54, 1.807) is 12.1 Å². The molecule has 0 aliphatic carbocycles. The summed E-state index contributed by atoms with van der Waals surface area (Å²) in [7, 11) is 0. The third-order valence-corrected chi connectivity index (χ3v) is 5.53. The minimum absolute atomic E-state index is 0.207. The number of anilines is 1. The number of aromatic nitrogens is 3. The molecule has 2 aromatic carbocycles. The highest BCUT2D eigenvalue weighted by molar-refractivity contribution is 7.14. The number of amides is 1. The summed E-state index contributed by atoms with van der Waals surface area (Å²) >= 11 is 1.38. The van der Waals surface area contributed by atoms with Crippen LogP contribution in [0.2, 0.25) is 0 Å². The predicted octanol–water partition coefficient (Wildman–Crippen LogP) is 4.59. The topological polar surface area (TPSA) is 78.3 Å². The van der Waals surface area contributed by atoms with Crippen molar-refractivity contribution in [1.29, 1.82) is 0 Å². The second kappa shape index (κ2) is 7.31. The largest absolute Gasteiger partial charge is 0.454 e. The van der Waals surface area contributed by atoms with Crippen LogP contribution >= 0.6 is 11.3 Å². The number of nitrogens with zero attached hydrogens (tertiary/aromatic N) is 3. The highest BCUT2D eigenvalue weighted by Gasteiger charge is 2.16. The number of carbonyl (C=O) groups is 1. The molecule has 0 atom stereocenters. The summed E-state index contributed by atoms with van der Waals surface area (Å²) in [5.41, 5.74) is 5.15. The fraction of sp³-hybridized carbons (Fsp3) is 0.136. The van der Waals surface area contributed by atoms with E-state index in [0.29, 0.717) is 16.4 Å². The van der Waals surface area contributed by atoms with Gasteiger partial charge in [0.05, 0.1) is 17.1 Å². The number of hydrogen-bond acceptors (Lipinski definition) is 6. The van der Waals surface area contributed by atoms with Crippen LogP contribution < -0.4 is 14.8 Å². The van der Waals surface area contributed by atoms with E-state index in [2.05, 4.69) is 15.4 Å². The first-order valence-corrected chi connectivity index (χ1v) is 10.3. The molecule has 0 saturated carbocycles. The Balaban J connectivity index is 1.31. The molecule has 0 bridgehead atoms. The van der Waals surface area contributed by atoms with E-state index in [1.807, 2.05) is 60.3 Å². The van der Waals surface area contributed by atoms with Gasteiger partial charge in [-0.25, -0.2) is 9.67 Å². The lowest BCUT2D eigenvalue weighted by Crippen LogP contribution is -2.12. The van der Waals surface area contributed by atoms with Crippen LogP contribution in [0.4, 0.5) is 5.13 Å². The van der Waals surface area contributed by atoms with Crippen LogP contribution in [0.15, 0.2) is 53.9 Å². The Morgan fingerprint density at radius 3 is 2.63 bits per heavy atom. The first-order valence-electron chi connectivity index (χ1n) is 9.37. The molecule has 1 N–H and O–H groups in total. The fourth-order valence-corrected chi connectivity index (χ4v) is 4.05. The molecular formula is C22H18N4O3S. The van der Waals surface area contributed by atoms with Gasteiger partial charge in [-0.05, 0) is 62.4 Å². The number of aryl methyl sites for hydroxylation is 2. The lowest BCUT2D eigenvalue weighted by Gasteiger charge is -2.06. The highest BCUT2D eigenvalue weighted by atomic mass is 32.1. The van der Waals surface area contributed by atoms with Crippen LogP contribution in [0.1, 0.15) is 21.7 Å². The number of benzene rings is 2. The monoisotopic (exact) mass is 418 g/mol. The Kier molecular flexibility index (Phi) is 4.48. The summed E-state index contributed by atoms with van der Waals surface area (Å²) in [4.78, 5) is 17.2. The van der Waals surface area contributed by atoms with E-state index >= 15 is 0 Å². The van der Waals surface area contributed by atoms with E-state index in [1.165, 1.54) is 11.3 Å². The molecule has 8 heteroatoms. The van der Waals surface area contributed by atoms with E-state index in [9.17, 15) is 4.79 Å². The third-order valence-electron chi connectivity index (χ3n) is 4.78. The van der Waals surface area contributed by atoms with Crippen molar-refractivity contribution in [3.05, 3.63) is 70.9 Å². The number of fused-ring (bicyclic) bond motifs is 1. The van der Waals surface area contributed by atoms with Gasteiger partial charge in [-0.2, -0.15) is 5.10 Å². The van der Waals surface area contributed by atoms with Crippen LogP contribution in [0.5, 0.6) is 11.5 Å². The highest BCUT2D eigenvalue weighted by Crippen LogP contribution is 2.36. The Hall–Kier alpha value is -3.65. The van der Waals surface area contributed by atoms with Gasteiger partial charge in [-0.15, -0.1) is 11.3 Å². The minimum atomic E-state index is -0.207. The van der Waals surface area contributed by atoms with Crippen LogP contribution in [0.3, 0.4) is 0 Å². The number of thiazole rings is 1. The number of ether oxygens (including phenoxy) is 2. The van der Waals surface area contributed by atoms with Gasteiger partial charge in [0.2, 0.25) is 6.79 Å². The molecule has 150 valence electrons. The van der Waals surface area contributed by atoms with Gasteiger partial charge >= 0.3 is 0 Å². The molecule has 5 rings (SSSR count). The number of nitrogens with one attached hydrogen (secondary N) is 1. The molecule has 7 nitrogen and oxygen atoms in total. The van der Waals surface area contributed by atoms with Gasteiger partial charge in [0.25, 0.3) is 5.91 Å². The third kappa shape index (κ3) is 3.42. The van der Waals surface area contributed by atoms with E-state index < -0.39 is 0 Å². The van der Waals surface area contributed by atoms with Crippen molar-refractivity contribution in [3.63, 3.8) is 0 Å². The summed E-state index contributed by atoms with van der Waals surface area (Å²) in [5, 5.41) is 9.77. The fourth-order valence-electron chi connectivity index (χ4n) is 3.33.